The van der Waals surface area contributed by atoms with Crippen LogP contribution in [-0.2, 0) is 4.74 Å². The molecule has 26 heavy (non-hydrogen) atoms. The minimum atomic E-state index is -0.485. The summed E-state index contributed by atoms with van der Waals surface area (Å²) in [7, 11) is 0. The van der Waals surface area contributed by atoms with E-state index in [4.69, 9.17) is 10.5 Å². The van der Waals surface area contributed by atoms with E-state index in [9.17, 15) is 10.1 Å². The number of nitrogen functional groups attached to an aromatic ring is 1. The number of ether oxygens (including phenoxy) is 1. The third-order valence-corrected chi connectivity index (χ3v) is 4.93. The van der Waals surface area contributed by atoms with Crippen LogP contribution in [0.15, 0.2) is 0 Å². The second kappa shape index (κ2) is 7.22. The van der Waals surface area contributed by atoms with Crippen LogP contribution in [0.5, 0.6) is 0 Å². The highest BCUT2D eigenvalue weighted by Crippen LogP contribution is 2.35. The van der Waals surface area contributed by atoms with Crippen LogP contribution in [0.1, 0.15) is 34.1 Å². The normalized spacial score (nSPS) is 29.7. The number of aromatic nitrogens is 2. The van der Waals surface area contributed by atoms with Gasteiger partial charge in [-0.05, 0) is 32.1 Å². The van der Waals surface area contributed by atoms with Gasteiger partial charge < -0.3 is 20.3 Å². The zero-order chi connectivity index (χ0) is 19.0. The number of rotatable bonds is 3. The Bertz CT molecular complexity index is 665. The molecule has 0 amide bonds. The summed E-state index contributed by atoms with van der Waals surface area (Å²) >= 11 is 0. The summed E-state index contributed by atoms with van der Waals surface area (Å²) in [5.41, 5.74) is 5.78. The number of anilines is 3. The van der Waals surface area contributed by atoms with Gasteiger partial charge in [0.05, 0.1) is 17.1 Å². The summed E-state index contributed by atoms with van der Waals surface area (Å²) in [6.07, 6.45) is 1.09. The Morgan fingerprint density at radius 1 is 1.04 bits per heavy atom. The molecule has 1 aromatic rings. The number of morpholine rings is 1. The summed E-state index contributed by atoms with van der Waals surface area (Å²) < 4.78 is 5.75. The summed E-state index contributed by atoms with van der Waals surface area (Å²) in [5.74, 6) is 1.74. The van der Waals surface area contributed by atoms with Crippen LogP contribution >= 0.6 is 0 Å². The van der Waals surface area contributed by atoms with Gasteiger partial charge in [0.25, 0.3) is 0 Å². The monoisotopic (exact) mass is 364 g/mol. The number of piperidine rings is 1. The lowest BCUT2D eigenvalue weighted by Gasteiger charge is -2.37. The molecule has 2 N–H and O–H groups in total. The smallest absolute Gasteiger partial charge is 0.353 e. The van der Waals surface area contributed by atoms with Crippen molar-refractivity contribution in [3.05, 3.63) is 10.1 Å². The standard InChI is InChI=1S/C17H28N6O3/c1-10-5-11(2)7-22(6-10)17-19-15(18)14(23(24)25)16(20-17)21-8-12(3)26-13(4)9-21/h10-13H,5-9H2,1-4H3,(H2,18,19,20)/t10-,11+,12-,13-/m0/s1. The molecule has 0 unspecified atom stereocenters. The van der Waals surface area contributed by atoms with Gasteiger partial charge in [0.15, 0.2) is 0 Å². The molecule has 0 radical (unpaired) electrons. The first-order valence-corrected chi connectivity index (χ1v) is 9.21. The van der Waals surface area contributed by atoms with Crippen molar-refractivity contribution in [1.82, 2.24) is 9.97 Å². The number of hydrogen-bond acceptors (Lipinski definition) is 8. The number of hydrogen-bond donors (Lipinski definition) is 1. The maximum Gasteiger partial charge on any atom is 0.353 e. The van der Waals surface area contributed by atoms with Gasteiger partial charge in [-0.3, -0.25) is 10.1 Å². The lowest BCUT2D eigenvalue weighted by Crippen LogP contribution is -2.46. The molecule has 2 saturated heterocycles. The fourth-order valence-electron chi connectivity index (χ4n) is 4.16. The van der Waals surface area contributed by atoms with Crippen LogP contribution in [-0.4, -0.2) is 53.3 Å². The first-order chi connectivity index (χ1) is 12.2. The molecule has 2 fully saturated rings. The molecular weight excluding hydrogens is 336 g/mol. The van der Waals surface area contributed by atoms with Crippen molar-refractivity contribution in [2.45, 2.75) is 46.3 Å². The molecular formula is C17H28N6O3. The van der Waals surface area contributed by atoms with E-state index in [0.717, 1.165) is 19.5 Å². The maximum absolute atomic E-state index is 11.6. The van der Waals surface area contributed by atoms with E-state index in [0.29, 0.717) is 36.7 Å². The van der Waals surface area contributed by atoms with Crippen molar-refractivity contribution in [1.29, 1.82) is 0 Å². The largest absolute Gasteiger partial charge is 0.378 e. The summed E-state index contributed by atoms with van der Waals surface area (Å²) in [5, 5.41) is 11.6. The molecule has 9 heteroatoms. The number of nitrogens with two attached hydrogens (primary N) is 1. The maximum atomic E-state index is 11.6. The van der Waals surface area contributed by atoms with Crippen molar-refractivity contribution in [3.8, 4) is 0 Å². The van der Waals surface area contributed by atoms with E-state index in [1.54, 1.807) is 0 Å². The Morgan fingerprint density at radius 2 is 1.62 bits per heavy atom. The van der Waals surface area contributed by atoms with Crippen LogP contribution < -0.4 is 15.5 Å². The average Bonchev–Trinajstić information content (AvgIpc) is 2.51. The Hall–Kier alpha value is -2.16. The van der Waals surface area contributed by atoms with E-state index in [-0.39, 0.29) is 23.7 Å². The lowest BCUT2D eigenvalue weighted by atomic mass is 9.92. The molecule has 0 saturated carbocycles. The van der Waals surface area contributed by atoms with Gasteiger partial charge in [0, 0.05) is 26.2 Å². The van der Waals surface area contributed by atoms with Gasteiger partial charge in [-0.15, -0.1) is 0 Å². The molecule has 9 nitrogen and oxygen atoms in total. The minimum Gasteiger partial charge on any atom is -0.378 e. The Labute approximate surface area is 153 Å². The fraction of sp³-hybridized carbons (Fsp3) is 0.765. The van der Waals surface area contributed by atoms with E-state index in [1.165, 1.54) is 0 Å². The topological polar surface area (TPSA) is 111 Å². The fourth-order valence-corrected chi connectivity index (χ4v) is 4.16. The molecule has 0 aromatic carbocycles. The molecule has 3 heterocycles. The van der Waals surface area contributed by atoms with Crippen molar-refractivity contribution >= 4 is 23.3 Å². The van der Waals surface area contributed by atoms with E-state index < -0.39 is 4.92 Å². The van der Waals surface area contributed by atoms with E-state index in [1.807, 2.05) is 18.7 Å². The molecule has 2 aliphatic heterocycles. The van der Waals surface area contributed by atoms with Gasteiger partial charge in [0.2, 0.25) is 17.6 Å². The lowest BCUT2D eigenvalue weighted by molar-refractivity contribution is -0.383. The average molecular weight is 364 g/mol. The minimum absolute atomic E-state index is 0.0342. The Kier molecular flexibility index (Phi) is 5.17. The van der Waals surface area contributed by atoms with E-state index in [2.05, 4.69) is 28.7 Å². The zero-order valence-electron chi connectivity index (χ0n) is 15.9. The molecule has 4 atom stereocenters. The first kappa shape index (κ1) is 18.6. The summed E-state index contributed by atoms with van der Waals surface area (Å²) in [6, 6.07) is 0. The molecule has 0 spiro atoms. The second-order valence-electron chi connectivity index (χ2n) is 7.85. The van der Waals surface area contributed by atoms with Gasteiger partial charge in [-0.25, -0.2) is 0 Å². The molecule has 144 valence electrons. The third-order valence-electron chi connectivity index (χ3n) is 4.93. The highest BCUT2D eigenvalue weighted by Gasteiger charge is 2.33. The van der Waals surface area contributed by atoms with Gasteiger partial charge in [-0.1, -0.05) is 13.8 Å². The molecule has 1 aromatic heterocycles. The SMILES string of the molecule is C[C@@H]1C[C@H](C)CN(c2nc(N)c([N+](=O)[O-])c(N3C[C@H](C)O[C@@H](C)C3)n2)C1. The van der Waals surface area contributed by atoms with Crippen molar-refractivity contribution in [2.24, 2.45) is 11.8 Å². The molecule has 0 bridgehead atoms. The number of nitro groups is 1. The highest BCUT2D eigenvalue weighted by molar-refractivity contribution is 5.71. The predicted molar refractivity (Wildman–Crippen MR) is 100 cm³/mol. The number of nitrogens with zero attached hydrogens (tertiary/aromatic N) is 5. The highest BCUT2D eigenvalue weighted by atomic mass is 16.6. The Morgan fingerprint density at radius 3 is 2.15 bits per heavy atom. The zero-order valence-corrected chi connectivity index (χ0v) is 15.9. The van der Waals surface area contributed by atoms with Crippen molar-refractivity contribution in [2.75, 3.05) is 41.7 Å². The third kappa shape index (κ3) is 3.82. The molecule has 2 aliphatic rings. The Balaban J connectivity index is 2.01. The van der Waals surface area contributed by atoms with Crippen LogP contribution in [0.4, 0.5) is 23.3 Å². The second-order valence-corrected chi connectivity index (χ2v) is 7.85. The summed E-state index contributed by atoms with van der Waals surface area (Å²) in [4.78, 5) is 24.0. The van der Waals surface area contributed by atoms with Gasteiger partial charge >= 0.3 is 5.69 Å². The molecule has 0 aliphatic carbocycles. The van der Waals surface area contributed by atoms with Crippen LogP contribution in [0.3, 0.4) is 0 Å². The van der Waals surface area contributed by atoms with Crippen molar-refractivity contribution in [3.63, 3.8) is 0 Å². The van der Waals surface area contributed by atoms with Crippen LogP contribution in [0, 0.1) is 22.0 Å². The first-order valence-electron chi connectivity index (χ1n) is 9.21. The van der Waals surface area contributed by atoms with Crippen LogP contribution in [0.25, 0.3) is 0 Å². The van der Waals surface area contributed by atoms with Crippen molar-refractivity contribution < 1.29 is 9.66 Å². The van der Waals surface area contributed by atoms with Gasteiger partial charge in [-0.2, -0.15) is 9.97 Å². The summed E-state index contributed by atoms with van der Waals surface area (Å²) in [6.45, 7) is 11.0. The molecule has 3 rings (SSSR count). The van der Waals surface area contributed by atoms with Crippen LogP contribution in [0.2, 0.25) is 0 Å². The van der Waals surface area contributed by atoms with E-state index >= 15 is 0 Å². The predicted octanol–water partition coefficient (Wildman–Crippen LogP) is 2.06. The van der Waals surface area contributed by atoms with Gasteiger partial charge in [0.1, 0.15) is 0 Å². The quantitative estimate of drug-likeness (QED) is 0.641.